The molecule has 0 aromatic rings. The summed E-state index contributed by atoms with van der Waals surface area (Å²) in [4.78, 5) is 0. The second-order valence-electron chi connectivity index (χ2n) is 2.85. The second kappa shape index (κ2) is 3.78. The Bertz CT molecular complexity index is 137. The lowest BCUT2D eigenvalue weighted by atomic mass is 10.3. The summed E-state index contributed by atoms with van der Waals surface area (Å²) in [5.41, 5.74) is 0. The topological polar surface area (TPSA) is 35.4 Å². The van der Waals surface area contributed by atoms with Gasteiger partial charge < -0.3 is 4.55 Å². The van der Waals surface area contributed by atoms with Crippen molar-refractivity contribution in [1.29, 1.82) is 0 Å². The molecule has 0 aliphatic carbocycles. The van der Waals surface area contributed by atoms with E-state index in [0.29, 0.717) is 0 Å². The third kappa shape index (κ3) is 3.69. The Labute approximate surface area is 65.4 Å². The number of rotatable bonds is 2. The summed E-state index contributed by atoms with van der Waals surface area (Å²) in [5.74, 6) is 0. The fraction of sp³-hybridized carbons (Fsp3) is 0.571. The van der Waals surface area contributed by atoms with E-state index in [1.54, 1.807) is 0 Å². The highest BCUT2D eigenvalue weighted by Crippen LogP contribution is 2.15. The van der Waals surface area contributed by atoms with Gasteiger partial charge in [0.25, 0.3) is 0 Å². The molecule has 0 rings (SSSR count). The first-order chi connectivity index (χ1) is 4.48. The lowest BCUT2D eigenvalue weighted by Gasteiger charge is -2.17. The van der Waals surface area contributed by atoms with Crippen molar-refractivity contribution in [3.8, 4) is 0 Å². The molecule has 0 heterocycles. The van der Waals surface area contributed by atoms with Gasteiger partial charge in [-0.05, 0) is 26.8 Å². The van der Waals surface area contributed by atoms with Crippen molar-refractivity contribution in [3.05, 3.63) is 12.7 Å². The first-order valence-electron chi connectivity index (χ1n) is 3.05. The monoisotopic (exact) mass is 159 g/mol. The summed E-state index contributed by atoms with van der Waals surface area (Å²) < 4.78 is 14.6. The van der Waals surface area contributed by atoms with E-state index in [2.05, 4.69) is 11.0 Å². The molecule has 0 radical (unpaired) electrons. The Morgan fingerprint density at radius 1 is 1.50 bits per heavy atom. The minimum absolute atomic E-state index is 0.264. The molecule has 2 nitrogen and oxygen atoms in total. The predicted molar refractivity (Wildman–Crippen MR) is 46.6 cm³/mol. The molecule has 0 saturated carbocycles. The average Bonchev–Trinajstić information content (AvgIpc) is 1.80. The van der Waals surface area contributed by atoms with Crippen molar-refractivity contribution in [2.75, 3.05) is 0 Å². The molecule has 58 valence electrons. The summed E-state index contributed by atoms with van der Waals surface area (Å²) in [7, 11) is 0. The van der Waals surface area contributed by atoms with Crippen molar-refractivity contribution >= 4 is 17.6 Å². The number of hydrogen-bond acceptors (Lipinski definition) is 2. The highest BCUT2D eigenvalue weighted by Gasteiger charge is 2.25. The summed E-state index contributed by atoms with van der Waals surface area (Å²) in [6.07, 6.45) is 2.98. The quantitative estimate of drug-likeness (QED) is 0.446. The highest BCUT2D eigenvalue weighted by atomic mass is 32.2. The minimum Gasteiger partial charge on any atom is -0.591 e. The first-order valence-corrected chi connectivity index (χ1v) is 4.16. The van der Waals surface area contributed by atoms with Gasteiger partial charge in [0.2, 0.25) is 0 Å². The first kappa shape index (κ1) is 9.72. The normalized spacial score (nSPS) is 15.6. The van der Waals surface area contributed by atoms with Gasteiger partial charge in [0.1, 0.15) is 16.1 Å². The van der Waals surface area contributed by atoms with Crippen LogP contribution in [0.1, 0.15) is 20.8 Å². The van der Waals surface area contributed by atoms with Gasteiger partial charge >= 0.3 is 0 Å². The van der Waals surface area contributed by atoms with Gasteiger partial charge in [-0.2, -0.15) is 0 Å². The SMILES string of the molecule is C=C/C=N\[S+]([O-])C(C)(C)C. The van der Waals surface area contributed by atoms with Crippen LogP contribution < -0.4 is 0 Å². The Hall–Kier alpha value is -0.280. The molecule has 0 aromatic carbocycles. The van der Waals surface area contributed by atoms with Crippen molar-refractivity contribution < 1.29 is 4.55 Å². The van der Waals surface area contributed by atoms with Crippen molar-refractivity contribution in [2.24, 2.45) is 4.40 Å². The Morgan fingerprint density at radius 2 is 2.00 bits per heavy atom. The van der Waals surface area contributed by atoms with Crippen LogP contribution in [0.15, 0.2) is 17.1 Å². The van der Waals surface area contributed by atoms with E-state index in [1.807, 2.05) is 20.8 Å². The molecule has 1 atom stereocenters. The van der Waals surface area contributed by atoms with E-state index in [-0.39, 0.29) is 4.75 Å². The maximum absolute atomic E-state index is 11.1. The van der Waals surface area contributed by atoms with Crippen LogP contribution in [0, 0.1) is 0 Å². The summed E-state index contributed by atoms with van der Waals surface area (Å²) in [5, 5.41) is 0. The van der Waals surface area contributed by atoms with Crippen LogP contribution in [0.2, 0.25) is 0 Å². The predicted octanol–water partition coefficient (Wildman–Crippen LogP) is 1.71. The molecule has 3 heteroatoms. The lowest BCUT2D eigenvalue weighted by molar-refractivity contribution is 0.562. The van der Waals surface area contributed by atoms with E-state index in [0.717, 1.165) is 0 Å². The lowest BCUT2D eigenvalue weighted by Crippen LogP contribution is -2.25. The maximum atomic E-state index is 11.1. The zero-order chi connectivity index (χ0) is 8.20. The Balaban J connectivity index is 3.96. The van der Waals surface area contributed by atoms with Crippen LogP contribution in [-0.4, -0.2) is 15.5 Å². The van der Waals surface area contributed by atoms with E-state index >= 15 is 0 Å². The van der Waals surface area contributed by atoms with Crippen molar-refractivity contribution in [3.63, 3.8) is 0 Å². The van der Waals surface area contributed by atoms with Crippen LogP contribution in [0.25, 0.3) is 0 Å². The van der Waals surface area contributed by atoms with Crippen LogP contribution in [-0.2, 0) is 11.4 Å². The fourth-order valence-electron chi connectivity index (χ4n) is 0.256. The van der Waals surface area contributed by atoms with Crippen LogP contribution >= 0.6 is 0 Å². The molecule has 0 N–H and O–H groups in total. The molecule has 0 saturated heterocycles. The summed E-state index contributed by atoms with van der Waals surface area (Å²) >= 11 is -1.14. The summed E-state index contributed by atoms with van der Waals surface area (Å²) in [6, 6.07) is 0. The number of nitrogens with zero attached hydrogens (tertiary/aromatic N) is 1. The van der Waals surface area contributed by atoms with Gasteiger partial charge in [0, 0.05) is 0 Å². The highest BCUT2D eigenvalue weighted by molar-refractivity contribution is 7.91. The zero-order valence-electron chi connectivity index (χ0n) is 6.63. The molecule has 10 heavy (non-hydrogen) atoms. The Kier molecular flexibility index (Phi) is 3.68. The summed E-state index contributed by atoms with van der Waals surface area (Å²) in [6.45, 7) is 9.07. The van der Waals surface area contributed by atoms with Gasteiger partial charge in [0.05, 0.1) is 6.21 Å². The molecular formula is C7H13NOS. The number of allylic oxidation sites excluding steroid dienone is 1. The molecule has 0 aliphatic rings. The van der Waals surface area contributed by atoms with Gasteiger partial charge in [-0.3, -0.25) is 0 Å². The standard InChI is InChI=1S/C7H13NOS/c1-5-6-8-10(9)7(2,3)4/h5-6H,1H2,2-4H3/b8-6-. The smallest absolute Gasteiger partial charge is 0.144 e. The molecule has 0 amide bonds. The third-order valence-electron chi connectivity index (χ3n) is 0.786. The van der Waals surface area contributed by atoms with Gasteiger partial charge in [0.15, 0.2) is 0 Å². The van der Waals surface area contributed by atoms with Gasteiger partial charge in [-0.15, -0.1) is 0 Å². The van der Waals surface area contributed by atoms with Crippen LogP contribution in [0.3, 0.4) is 0 Å². The minimum atomic E-state index is -1.14. The van der Waals surface area contributed by atoms with Crippen molar-refractivity contribution in [1.82, 2.24) is 0 Å². The van der Waals surface area contributed by atoms with E-state index in [4.69, 9.17) is 0 Å². The van der Waals surface area contributed by atoms with Gasteiger partial charge in [-0.1, -0.05) is 11.0 Å². The zero-order valence-corrected chi connectivity index (χ0v) is 7.44. The molecule has 0 fully saturated rings. The van der Waals surface area contributed by atoms with Crippen LogP contribution in [0.5, 0.6) is 0 Å². The maximum Gasteiger partial charge on any atom is 0.144 e. The second-order valence-corrected chi connectivity index (χ2v) is 4.79. The van der Waals surface area contributed by atoms with E-state index < -0.39 is 11.4 Å². The molecule has 0 aliphatic heterocycles. The van der Waals surface area contributed by atoms with Crippen molar-refractivity contribution in [2.45, 2.75) is 25.5 Å². The fourth-order valence-corrected chi connectivity index (χ4v) is 0.769. The molecular weight excluding hydrogens is 146 g/mol. The van der Waals surface area contributed by atoms with E-state index in [9.17, 15) is 4.55 Å². The van der Waals surface area contributed by atoms with Crippen LogP contribution in [0.4, 0.5) is 0 Å². The van der Waals surface area contributed by atoms with E-state index in [1.165, 1.54) is 12.3 Å². The van der Waals surface area contributed by atoms with Gasteiger partial charge in [-0.25, -0.2) is 0 Å². The number of hydrogen-bond donors (Lipinski definition) is 0. The third-order valence-corrected chi connectivity index (χ3v) is 2.15. The molecule has 1 unspecified atom stereocenters. The molecule has 0 aromatic heterocycles. The largest absolute Gasteiger partial charge is 0.591 e. The molecule has 0 bridgehead atoms. The Morgan fingerprint density at radius 3 is 2.30 bits per heavy atom. The molecule has 0 spiro atoms. The average molecular weight is 159 g/mol.